The highest BCUT2D eigenvalue weighted by Crippen LogP contribution is 2.42. The van der Waals surface area contributed by atoms with E-state index in [2.05, 4.69) is 250 Å². The van der Waals surface area contributed by atoms with E-state index in [-0.39, 0.29) is 113 Å². The second-order valence-corrected chi connectivity index (χ2v) is 43.1. The molecule has 0 saturated heterocycles. The molecule has 12 aromatic rings. The van der Waals surface area contributed by atoms with Crippen LogP contribution in [-0.2, 0) is 74.3 Å². The van der Waals surface area contributed by atoms with Crippen molar-refractivity contribution in [1.29, 1.82) is 0 Å². The third-order valence-corrected chi connectivity index (χ3v) is 30.1. The van der Waals surface area contributed by atoms with Crippen molar-refractivity contribution in [3.05, 3.63) is 273 Å². The van der Waals surface area contributed by atoms with E-state index in [1.54, 1.807) is 21.8 Å². The number of hydrogen-bond donors (Lipinski definition) is 8. The molecule has 0 spiro atoms. The Morgan fingerprint density at radius 3 is 0.790 bits per heavy atom. The summed E-state index contributed by atoms with van der Waals surface area (Å²) in [4.78, 5) is 0. The summed E-state index contributed by atoms with van der Waals surface area (Å²) in [5.74, 6) is 9.51. The Morgan fingerprint density at radius 1 is 0.312 bits per heavy atom. The molecule has 12 rings (SSSR count). The Kier molecular flexibility index (Phi) is 46.7. The Morgan fingerprint density at radius 2 is 0.558 bits per heavy atom. The third-order valence-electron chi connectivity index (χ3n) is 22.7. The lowest BCUT2D eigenvalue weighted by Crippen LogP contribution is -2.25. The Balaban J connectivity index is 0.000000206. The molecule has 8 N–H and O–H groups in total. The minimum atomic E-state index is -0.765. The van der Waals surface area contributed by atoms with Crippen LogP contribution in [0.3, 0.4) is 0 Å². The summed E-state index contributed by atoms with van der Waals surface area (Å²) >= 11 is 39.5. The molecule has 748 valence electrons. The zero-order valence-electron chi connectivity index (χ0n) is 79.1. The lowest BCUT2D eigenvalue weighted by atomic mass is 9.78. The molecule has 4 heterocycles. The van der Waals surface area contributed by atoms with E-state index < -0.39 is 24.4 Å². The van der Waals surface area contributed by atoms with Crippen molar-refractivity contribution in [2.45, 2.75) is 182 Å². The van der Waals surface area contributed by atoms with Crippen LogP contribution in [0.25, 0.3) is 0 Å². The third kappa shape index (κ3) is 34.3. The summed E-state index contributed by atoms with van der Waals surface area (Å²) in [7, 11) is 0. The van der Waals surface area contributed by atoms with Gasteiger partial charge in [-0.25, -0.2) is 18.7 Å². The second-order valence-electron chi connectivity index (χ2n) is 35.8. The van der Waals surface area contributed by atoms with E-state index in [9.17, 15) is 30.6 Å². The highest BCUT2D eigenvalue weighted by atomic mass is 123. The van der Waals surface area contributed by atoms with E-state index in [0.717, 1.165) is 72.5 Å². The Bertz CT molecular complexity index is 5370. The van der Waals surface area contributed by atoms with Gasteiger partial charge in [-0.15, -0.1) is 66.8 Å². The Labute approximate surface area is 899 Å². The number of alkyl halides is 4. The summed E-state index contributed by atoms with van der Waals surface area (Å²) in [6.45, 7) is 28.7. The molecule has 2 unspecified atom stereocenters. The zero-order chi connectivity index (χ0) is 101. The van der Waals surface area contributed by atoms with Gasteiger partial charge in [-0.1, -0.05) is 177 Å². The summed E-state index contributed by atoms with van der Waals surface area (Å²) in [5.41, 5.74) is 10.3. The molecule has 0 radical (unpaired) electrons. The molecular weight excluding hydrogens is 2420 g/mol. The molecule has 0 saturated carbocycles. The molecule has 8 atom stereocenters. The number of aliphatic hydroxyl groups is 8. The molecule has 0 aliphatic carbocycles. The molecule has 0 aliphatic heterocycles. The van der Waals surface area contributed by atoms with Crippen LogP contribution in [0, 0.1) is 38.2 Å². The predicted octanol–water partition coefficient (Wildman–Crippen LogP) is 19.1. The van der Waals surface area contributed by atoms with Crippen LogP contribution < -0.4 is 37.9 Å². The summed E-state index contributed by atoms with van der Waals surface area (Å²) in [6, 6.07) is 56.6. The fraction of sp³-hybridized carbons (Fsp3) is 0.440. The summed E-state index contributed by atoms with van der Waals surface area (Å²) in [6.07, 6.45) is 0.164. The SMILES string of the molecule is CC(CCl)COc1ccc(C(C)(C)c2ccc(OCC(O)Cn3cc(CO)nn3)cc2)cc1[123I].C[C@@H](CCl)COc1ccc(C(C)(C)c2ccc(OC[C@H](O)Cn3nnc(CO)c3[123I])cc2)cc1Br.C[C@H](CCl)COc1ccc(C(C)(C)c2ccc(OC[C@@H](O)Cn3nnc(CO)c3[123I])cc2)cc1Br.C[C@H](CCl)COc1ccc(C(C)(C)c2ccc(OC[C@H](O)Cn3cc(CO)nn3)cc2)cc1[123I]. The topological polar surface area (TPSA) is 359 Å². The number of ether oxygens (including phenoxy) is 8. The van der Waals surface area contributed by atoms with Crippen LogP contribution in [0.4, 0.5) is 0 Å². The van der Waals surface area contributed by atoms with Crippen molar-refractivity contribution < 1.29 is 78.7 Å². The van der Waals surface area contributed by atoms with E-state index >= 15 is 0 Å². The Hall–Kier alpha value is -6.56. The predicted molar refractivity (Wildman–Crippen MR) is 578 cm³/mol. The average molecular weight is 2540 g/mol. The minimum absolute atomic E-state index is 0.115. The zero-order valence-corrected chi connectivity index (χ0v) is 93.9. The van der Waals surface area contributed by atoms with Crippen LogP contribution in [0.2, 0.25) is 0 Å². The first-order chi connectivity index (χ1) is 65.7. The van der Waals surface area contributed by atoms with Crippen molar-refractivity contribution >= 4 is 169 Å². The number of aromatic nitrogens is 12. The number of aliphatic hydroxyl groups excluding tert-OH is 8. The quantitative estimate of drug-likeness (QED) is 0.0130. The molecule has 28 nitrogen and oxygen atoms in total. The fourth-order valence-corrected chi connectivity index (χ4v) is 17.4. The van der Waals surface area contributed by atoms with Crippen LogP contribution >= 0.6 is 169 Å². The lowest BCUT2D eigenvalue weighted by Gasteiger charge is -2.27. The minimum Gasteiger partial charge on any atom is -0.492 e. The van der Waals surface area contributed by atoms with Crippen molar-refractivity contribution in [3.63, 3.8) is 0 Å². The molecule has 8 aromatic carbocycles. The monoisotopic (exact) mass is 2540 g/mol. The average Bonchev–Trinajstić information content (AvgIpc) is 0.880. The number of nitrogens with zero attached hydrogens (tertiary/aromatic N) is 12. The second kappa shape index (κ2) is 56.1. The molecule has 0 fully saturated rings. The van der Waals surface area contributed by atoms with Crippen LogP contribution in [-0.4, -0.2) is 202 Å². The number of halogens is 10. The largest absolute Gasteiger partial charge is 0.492 e. The highest BCUT2D eigenvalue weighted by molar-refractivity contribution is 14.1. The summed E-state index contributed by atoms with van der Waals surface area (Å²) < 4.78 is 58.1. The molecule has 38 heteroatoms. The van der Waals surface area contributed by atoms with E-state index in [0.29, 0.717) is 115 Å². The first kappa shape index (κ1) is 115. The smallest absolute Gasteiger partial charge is 0.133 e. The van der Waals surface area contributed by atoms with Gasteiger partial charge < -0.3 is 78.7 Å². The molecular formula is C100H122Br2Cl4I4N12O16. The van der Waals surface area contributed by atoms with Gasteiger partial charge >= 0.3 is 0 Å². The van der Waals surface area contributed by atoms with Gasteiger partial charge in [0.1, 0.15) is 127 Å². The molecule has 0 bridgehead atoms. The standard InChI is InChI=1S/2C25H30BrClIN3O4.2C25H31ClIN3O4/c2*1-16(11-27)14-35-23-9-6-18(10-21(23)26)25(2,3)17-4-7-20(8-5-17)34-15-19(33)12-31-24(28)22(13-32)29-30-31;2*1-17(11-26)15-34-24-9-6-19(10-23(24)27)25(2,3)18-4-7-22(8-5-18)33-16-21(32)13-30-12-20(14-31)28-29-30/h2*4-10,16,19,32-33H,11-15H2,1-3H3;2*4-10,12,17,21,31-32H,11,13-16H2,1-3H3/t2*16-,19+;17-,21-;/m101./s1/i2*28-4;2*27-4. The first-order valence-corrected chi connectivity index (χ1v) is 52.8. The first-order valence-electron chi connectivity index (χ1n) is 44.7. The van der Waals surface area contributed by atoms with Crippen molar-refractivity contribution in [2.75, 3.05) is 76.4 Å². The van der Waals surface area contributed by atoms with Crippen LogP contribution in [0.15, 0.2) is 191 Å². The van der Waals surface area contributed by atoms with Crippen LogP contribution in [0.1, 0.15) is 150 Å². The van der Waals surface area contributed by atoms with Crippen molar-refractivity contribution in [2.24, 2.45) is 23.7 Å². The summed E-state index contributed by atoms with van der Waals surface area (Å²) in [5, 5.41) is 109. The maximum absolute atomic E-state index is 10.3. The number of rotatable bonds is 48. The number of hydrogen-bond acceptors (Lipinski definition) is 24. The molecule has 0 amide bonds. The lowest BCUT2D eigenvalue weighted by molar-refractivity contribution is 0.0880. The van der Waals surface area contributed by atoms with Gasteiger partial charge in [-0.3, -0.25) is 0 Å². The molecule has 138 heavy (non-hydrogen) atoms. The van der Waals surface area contributed by atoms with Gasteiger partial charge in [0.2, 0.25) is 0 Å². The van der Waals surface area contributed by atoms with Crippen LogP contribution in [0.5, 0.6) is 46.0 Å². The fourth-order valence-electron chi connectivity index (χ4n) is 13.6. The maximum atomic E-state index is 10.3. The highest BCUT2D eigenvalue weighted by Gasteiger charge is 2.31. The van der Waals surface area contributed by atoms with Crippen molar-refractivity contribution in [3.8, 4) is 46.0 Å². The van der Waals surface area contributed by atoms with Gasteiger partial charge in [0.05, 0.1) is 108 Å². The van der Waals surface area contributed by atoms with E-state index in [4.69, 9.17) is 94.5 Å². The molecule has 4 aromatic heterocycles. The van der Waals surface area contributed by atoms with Gasteiger partial charge in [0.15, 0.2) is 0 Å². The van der Waals surface area contributed by atoms with E-state index in [1.165, 1.54) is 20.5 Å². The van der Waals surface area contributed by atoms with Gasteiger partial charge in [0.25, 0.3) is 0 Å². The van der Waals surface area contributed by atoms with Gasteiger partial charge in [-0.2, -0.15) is 0 Å². The normalized spacial score (nSPS) is 13.5. The van der Waals surface area contributed by atoms with E-state index in [1.807, 2.05) is 167 Å². The van der Waals surface area contributed by atoms with Gasteiger partial charge in [0, 0.05) is 68.9 Å². The number of benzene rings is 8. The van der Waals surface area contributed by atoms with Crippen molar-refractivity contribution in [1.82, 2.24) is 60.0 Å². The molecule has 0 aliphatic rings. The maximum Gasteiger partial charge on any atom is 0.133 e. The van der Waals surface area contributed by atoms with Gasteiger partial charge in [-0.05, 0) is 264 Å².